The average molecular weight is 493 g/mol. The molecule has 3 rings (SSSR count). The lowest BCUT2D eigenvalue weighted by atomic mass is 10.1. The lowest BCUT2D eigenvalue weighted by Gasteiger charge is -2.35. The Morgan fingerprint density at radius 2 is 1.75 bits per heavy atom. The summed E-state index contributed by atoms with van der Waals surface area (Å²) >= 11 is 0. The largest absolute Gasteiger partial charge is 0.496 e. The maximum absolute atomic E-state index is 13.2. The SMILES string of the molecule is CCCCNC(=O)N1CCN(CCN(C/C=C/c2ccccc2OC)C(=O)Cc2ccccc2)CC1. The monoisotopic (exact) mass is 492 g/mol. The number of rotatable bonds is 12. The molecule has 0 saturated carbocycles. The van der Waals surface area contributed by atoms with E-state index in [9.17, 15) is 9.59 Å². The third-order valence-electron chi connectivity index (χ3n) is 6.47. The third-order valence-corrected chi connectivity index (χ3v) is 6.47. The molecule has 7 heteroatoms. The van der Waals surface area contributed by atoms with E-state index in [1.807, 2.05) is 76.5 Å². The number of hydrogen-bond donors (Lipinski definition) is 1. The molecule has 1 N–H and O–H groups in total. The molecule has 1 fully saturated rings. The van der Waals surface area contributed by atoms with E-state index in [2.05, 4.69) is 17.1 Å². The fourth-order valence-electron chi connectivity index (χ4n) is 4.23. The molecule has 3 amide bonds. The molecular weight excluding hydrogens is 452 g/mol. The number of carbonyl (C=O) groups is 2. The summed E-state index contributed by atoms with van der Waals surface area (Å²) in [7, 11) is 1.66. The van der Waals surface area contributed by atoms with Gasteiger partial charge in [-0.25, -0.2) is 4.79 Å². The molecule has 2 aromatic carbocycles. The van der Waals surface area contributed by atoms with Crippen LogP contribution in [0.15, 0.2) is 60.7 Å². The Bertz CT molecular complexity index is 971. The Labute approximate surface area is 215 Å². The molecule has 1 heterocycles. The zero-order valence-electron chi connectivity index (χ0n) is 21.7. The molecule has 194 valence electrons. The molecule has 0 aliphatic carbocycles. The van der Waals surface area contributed by atoms with Crippen LogP contribution in [0.5, 0.6) is 5.75 Å². The quantitative estimate of drug-likeness (QED) is 0.457. The number of urea groups is 1. The summed E-state index contributed by atoms with van der Waals surface area (Å²) in [6.07, 6.45) is 6.50. The van der Waals surface area contributed by atoms with Gasteiger partial charge >= 0.3 is 6.03 Å². The van der Waals surface area contributed by atoms with Gasteiger partial charge in [-0.1, -0.05) is 74.0 Å². The molecule has 0 aromatic heterocycles. The normalized spacial score (nSPS) is 14.1. The summed E-state index contributed by atoms with van der Waals surface area (Å²) in [6, 6.07) is 17.8. The van der Waals surface area contributed by atoms with Crippen LogP contribution in [0.1, 0.15) is 30.9 Å². The van der Waals surface area contributed by atoms with Crippen molar-refractivity contribution < 1.29 is 14.3 Å². The van der Waals surface area contributed by atoms with E-state index in [1.165, 1.54) is 0 Å². The van der Waals surface area contributed by atoms with Gasteiger partial charge in [0.15, 0.2) is 0 Å². The molecule has 7 nitrogen and oxygen atoms in total. The van der Waals surface area contributed by atoms with Gasteiger partial charge in [0, 0.05) is 57.9 Å². The number of piperazine rings is 1. The molecule has 0 bridgehead atoms. The predicted octanol–water partition coefficient (Wildman–Crippen LogP) is 3.91. The van der Waals surface area contributed by atoms with Crippen LogP contribution >= 0.6 is 0 Å². The number of ether oxygens (including phenoxy) is 1. The molecule has 0 spiro atoms. The molecule has 1 aliphatic rings. The molecule has 0 radical (unpaired) electrons. The molecule has 0 atom stereocenters. The van der Waals surface area contributed by atoms with E-state index in [0.717, 1.165) is 55.9 Å². The highest BCUT2D eigenvalue weighted by Gasteiger charge is 2.22. The second-order valence-electron chi connectivity index (χ2n) is 9.06. The number of unbranched alkanes of at least 4 members (excludes halogenated alkanes) is 1. The van der Waals surface area contributed by atoms with Crippen LogP contribution in [-0.4, -0.2) is 86.1 Å². The molecule has 1 aliphatic heterocycles. The zero-order chi connectivity index (χ0) is 25.6. The van der Waals surface area contributed by atoms with E-state index in [-0.39, 0.29) is 11.9 Å². The molecule has 36 heavy (non-hydrogen) atoms. The number of amides is 3. The first-order chi connectivity index (χ1) is 17.6. The average Bonchev–Trinajstić information content (AvgIpc) is 2.91. The van der Waals surface area contributed by atoms with Gasteiger partial charge in [0.1, 0.15) is 5.75 Å². The van der Waals surface area contributed by atoms with Crippen molar-refractivity contribution in [2.24, 2.45) is 0 Å². The van der Waals surface area contributed by atoms with E-state index < -0.39 is 0 Å². The topological polar surface area (TPSA) is 65.1 Å². The minimum atomic E-state index is 0.0317. The van der Waals surface area contributed by atoms with Crippen LogP contribution in [0.25, 0.3) is 6.08 Å². The summed E-state index contributed by atoms with van der Waals surface area (Å²) in [6.45, 7) is 7.87. The number of nitrogens with one attached hydrogen (secondary N) is 1. The molecule has 1 saturated heterocycles. The van der Waals surface area contributed by atoms with Crippen molar-refractivity contribution in [1.29, 1.82) is 0 Å². The van der Waals surface area contributed by atoms with Crippen molar-refractivity contribution in [3.63, 3.8) is 0 Å². The van der Waals surface area contributed by atoms with Crippen LogP contribution in [-0.2, 0) is 11.2 Å². The second kappa shape index (κ2) is 14.9. The number of methoxy groups -OCH3 is 1. The Kier molecular flexibility index (Phi) is 11.3. The first-order valence-electron chi connectivity index (χ1n) is 13.0. The van der Waals surface area contributed by atoms with Crippen molar-refractivity contribution in [2.75, 3.05) is 59.5 Å². The fourth-order valence-corrected chi connectivity index (χ4v) is 4.23. The minimum absolute atomic E-state index is 0.0317. The van der Waals surface area contributed by atoms with Crippen molar-refractivity contribution in [3.05, 3.63) is 71.8 Å². The van der Waals surface area contributed by atoms with E-state index in [1.54, 1.807) is 7.11 Å². The summed E-state index contributed by atoms with van der Waals surface area (Å²) in [4.78, 5) is 31.7. The first kappa shape index (κ1) is 27.3. The van der Waals surface area contributed by atoms with Gasteiger partial charge < -0.3 is 19.9 Å². The zero-order valence-corrected chi connectivity index (χ0v) is 21.7. The van der Waals surface area contributed by atoms with Gasteiger partial charge in [-0.15, -0.1) is 0 Å². The van der Waals surface area contributed by atoms with Crippen LogP contribution in [0.3, 0.4) is 0 Å². The second-order valence-corrected chi connectivity index (χ2v) is 9.06. The summed E-state index contributed by atoms with van der Waals surface area (Å²) in [5.41, 5.74) is 2.01. The van der Waals surface area contributed by atoms with Crippen molar-refractivity contribution >= 4 is 18.0 Å². The van der Waals surface area contributed by atoms with E-state index in [0.29, 0.717) is 32.6 Å². The lowest BCUT2D eigenvalue weighted by Crippen LogP contribution is -2.53. The summed E-state index contributed by atoms with van der Waals surface area (Å²) in [5, 5.41) is 3.00. The standard InChI is InChI=1S/C29H40N4O3/c1-3-4-16-30-29(35)33-22-19-31(20-23-33)18-21-32(28(34)24-25-11-6-5-7-12-25)17-10-14-26-13-8-9-15-27(26)36-2/h5-15H,3-4,16-24H2,1-2H3,(H,30,35)/b14-10+. The van der Waals surface area contributed by atoms with Crippen molar-refractivity contribution in [2.45, 2.75) is 26.2 Å². The summed E-state index contributed by atoms with van der Waals surface area (Å²) in [5.74, 6) is 0.923. The maximum atomic E-state index is 13.2. The number of hydrogen-bond acceptors (Lipinski definition) is 4. The Hall–Kier alpha value is -3.32. The molecule has 0 unspecified atom stereocenters. The number of nitrogens with zero attached hydrogens (tertiary/aromatic N) is 3. The van der Waals surface area contributed by atoms with Crippen LogP contribution < -0.4 is 10.1 Å². The highest BCUT2D eigenvalue weighted by Crippen LogP contribution is 2.18. The van der Waals surface area contributed by atoms with Gasteiger partial charge in [0.25, 0.3) is 0 Å². The third kappa shape index (κ3) is 8.72. The van der Waals surface area contributed by atoms with Crippen molar-refractivity contribution in [1.82, 2.24) is 20.0 Å². The van der Waals surface area contributed by atoms with Crippen LogP contribution in [0.4, 0.5) is 4.79 Å². The Balaban J connectivity index is 1.55. The van der Waals surface area contributed by atoms with Crippen LogP contribution in [0, 0.1) is 0 Å². The Morgan fingerprint density at radius 1 is 1.03 bits per heavy atom. The number of para-hydroxylation sites is 1. The molecule has 2 aromatic rings. The van der Waals surface area contributed by atoms with Gasteiger partial charge in [-0.2, -0.15) is 0 Å². The van der Waals surface area contributed by atoms with Gasteiger partial charge in [0.2, 0.25) is 5.91 Å². The van der Waals surface area contributed by atoms with Gasteiger partial charge in [-0.3, -0.25) is 9.69 Å². The number of carbonyl (C=O) groups excluding carboxylic acids is 2. The van der Waals surface area contributed by atoms with E-state index in [4.69, 9.17) is 4.74 Å². The lowest BCUT2D eigenvalue weighted by molar-refractivity contribution is -0.130. The fraction of sp³-hybridized carbons (Fsp3) is 0.448. The smallest absolute Gasteiger partial charge is 0.317 e. The van der Waals surface area contributed by atoms with Gasteiger partial charge in [-0.05, 0) is 18.1 Å². The van der Waals surface area contributed by atoms with Crippen LogP contribution in [0.2, 0.25) is 0 Å². The van der Waals surface area contributed by atoms with Crippen molar-refractivity contribution in [3.8, 4) is 5.75 Å². The molecular formula is C29H40N4O3. The summed E-state index contributed by atoms with van der Waals surface area (Å²) < 4.78 is 5.44. The Morgan fingerprint density at radius 3 is 2.47 bits per heavy atom. The predicted molar refractivity (Wildman–Crippen MR) is 145 cm³/mol. The highest BCUT2D eigenvalue weighted by atomic mass is 16.5. The van der Waals surface area contributed by atoms with Gasteiger partial charge in [0.05, 0.1) is 13.5 Å². The minimum Gasteiger partial charge on any atom is -0.496 e. The maximum Gasteiger partial charge on any atom is 0.317 e. The first-order valence-corrected chi connectivity index (χ1v) is 13.0. The number of benzene rings is 2. The highest BCUT2D eigenvalue weighted by molar-refractivity contribution is 5.79. The van der Waals surface area contributed by atoms with E-state index >= 15 is 0 Å².